The van der Waals surface area contributed by atoms with E-state index in [1.807, 2.05) is 18.2 Å². The molecule has 1 atom stereocenters. The molecule has 1 aliphatic heterocycles. The van der Waals surface area contributed by atoms with Crippen LogP contribution in [-0.2, 0) is 11.2 Å². The number of aliphatic hydroxyl groups excluding tert-OH is 1. The number of hydrogen-bond donors (Lipinski definition) is 2. The van der Waals surface area contributed by atoms with Crippen LogP contribution in [0.2, 0.25) is 0 Å². The molecule has 2 rings (SSSR count). The number of aliphatic hydroxyl groups is 1. The van der Waals surface area contributed by atoms with E-state index in [0.717, 1.165) is 38.0 Å². The Morgan fingerprint density at radius 1 is 1.48 bits per heavy atom. The first-order valence-corrected chi connectivity index (χ1v) is 7.77. The summed E-state index contributed by atoms with van der Waals surface area (Å²) in [7, 11) is 0. The molecule has 1 aromatic rings. The maximum atomic E-state index is 12.2. The molecule has 0 saturated carbocycles. The molecule has 1 aromatic carbocycles. The molecular weight excluding hydrogens is 264 g/mol. The van der Waals surface area contributed by atoms with Crippen molar-refractivity contribution in [2.75, 3.05) is 31.6 Å². The molecule has 21 heavy (non-hydrogen) atoms. The highest BCUT2D eigenvalue weighted by Gasteiger charge is 2.30. The van der Waals surface area contributed by atoms with E-state index < -0.39 is 0 Å². The lowest BCUT2D eigenvalue weighted by Gasteiger charge is -2.38. The minimum atomic E-state index is -0.0688. The van der Waals surface area contributed by atoms with E-state index in [0.29, 0.717) is 6.54 Å². The van der Waals surface area contributed by atoms with Gasteiger partial charge in [0.2, 0.25) is 5.91 Å². The van der Waals surface area contributed by atoms with Crippen molar-refractivity contribution in [1.82, 2.24) is 4.90 Å². The standard InChI is InChI=1S/C17H26N2O2/c1-3-14-6-4-7-15(10-14)18-16(21)11-19-9-5-8-17(2,12-19)13-20/h4,6-7,10,20H,3,5,8-9,11-13H2,1-2H3,(H,18,21). The summed E-state index contributed by atoms with van der Waals surface area (Å²) in [5.74, 6) is 0.0189. The molecule has 1 fully saturated rings. The third-order valence-electron chi connectivity index (χ3n) is 4.23. The summed E-state index contributed by atoms with van der Waals surface area (Å²) < 4.78 is 0. The largest absolute Gasteiger partial charge is 0.396 e. The average molecular weight is 290 g/mol. The van der Waals surface area contributed by atoms with Gasteiger partial charge >= 0.3 is 0 Å². The van der Waals surface area contributed by atoms with E-state index in [-0.39, 0.29) is 17.9 Å². The van der Waals surface area contributed by atoms with E-state index in [1.54, 1.807) is 0 Å². The zero-order valence-electron chi connectivity index (χ0n) is 13.1. The van der Waals surface area contributed by atoms with Crippen LogP contribution < -0.4 is 5.32 Å². The topological polar surface area (TPSA) is 52.6 Å². The molecule has 2 N–H and O–H groups in total. The second kappa shape index (κ2) is 7.05. The number of piperidine rings is 1. The number of carbonyl (C=O) groups is 1. The maximum Gasteiger partial charge on any atom is 0.238 e. The molecular formula is C17H26N2O2. The molecule has 4 heteroatoms. The first-order valence-electron chi connectivity index (χ1n) is 7.77. The summed E-state index contributed by atoms with van der Waals surface area (Å²) in [4.78, 5) is 14.3. The van der Waals surface area contributed by atoms with Gasteiger partial charge in [-0.25, -0.2) is 0 Å². The zero-order chi connectivity index (χ0) is 15.3. The number of hydrogen-bond acceptors (Lipinski definition) is 3. The Hall–Kier alpha value is -1.39. The normalized spacial score (nSPS) is 23.0. The van der Waals surface area contributed by atoms with Crippen LogP contribution >= 0.6 is 0 Å². The van der Waals surface area contributed by atoms with Crippen LogP contribution in [0.25, 0.3) is 0 Å². The van der Waals surface area contributed by atoms with Crippen molar-refractivity contribution >= 4 is 11.6 Å². The summed E-state index contributed by atoms with van der Waals surface area (Å²) in [5, 5.41) is 12.4. The first kappa shape index (κ1) is 16.0. The van der Waals surface area contributed by atoms with Crippen molar-refractivity contribution in [3.8, 4) is 0 Å². The van der Waals surface area contributed by atoms with Gasteiger partial charge in [-0.3, -0.25) is 9.69 Å². The fraction of sp³-hybridized carbons (Fsp3) is 0.588. The Balaban J connectivity index is 1.89. The van der Waals surface area contributed by atoms with Crippen LogP contribution in [0.15, 0.2) is 24.3 Å². The maximum absolute atomic E-state index is 12.2. The molecule has 0 spiro atoms. The van der Waals surface area contributed by atoms with E-state index in [9.17, 15) is 9.90 Å². The summed E-state index contributed by atoms with van der Waals surface area (Å²) in [6.07, 6.45) is 3.03. The minimum Gasteiger partial charge on any atom is -0.396 e. The zero-order valence-corrected chi connectivity index (χ0v) is 13.1. The number of nitrogens with one attached hydrogen (secondary N) is 1. The van der Waals surface area contributed by atoms with Gasteiger partial charge in [0, 0.05) is 24.3 Å². The van der Waals surface area contributed by atoms with E-state index >= 15 is 0 Å². The van der Waals surface area contributed by atoms with E-state index in [1.165, 1.54) is 5.56 Å². The van der Waals surface area contributed by atoms with Gasteiger partial charge in [0.25, 0.3) is 0 Å². The van der Waals surface area contributed by atoms with Gasteiger partial charge in [-0.15, -0.1) is 0 Å². The lowest BCUT2D eigenvalue weighted by molar-refractivity contribution is -0.118. The highest BCUT2D eigenvalue weighted by atomic mass is 16.3. The lowest BCUT2D eigenvalue weighted by atomic mass is 9.83. The smallest absolute Gasteiger partial charge is 0.238 e. The molecule has 116 valence electrons. The van der Waals surface area contributed by atoms with Crippen LogP contribution in [0, 0.1) is 5.41 Å². The first-order chi connectivity index (χ1) is 10.0. The Morgan fingerprint density at radius 3 is 3.00 bits per heavy atom. The van der Waals surface area contributed by atoms with Crippen LogP contribution in [0.4, 0.5) is 5.69 Å². The Morgan fingerprint density at radius 2 is 2.29 bits per heavy atom. The number of anilines is 1. The van der Waals surface area contributed by atoms with Gasteiger partial charge in [0.05, 0.1) is 6.54 Å². The van der Waals surface area contributed by atoms with Crippen LogP contribution in [-0.4, -0.2) is 42.2 Å². The number of carbonyl (C=O) groups excluding carboxylic acids is 1. The third kappa shape index (κ3) is 4.55. The number of rotatable bonds is 5. The highest BCUT2D eigenvalue weighted by molar-refractivity contribution is 5.92. The van der Waals surface area contributed by atoms with Crippen LogP contribution in [0.5, 0.6) is 0 Å². The third-order valence-corrected chi connectivity index (χ3v) is 4.23. The fourth-order valence-electron chi connectivity index (χ4n) is 2.96. The SMILES string of the molecule is CCc1cccc(NC(=O)CN2CCCC(C)(CO)C2)c1. The molecule has 0 aliphatic carbocycles. The summed E-state index contributed by atoms with van der Waals surface area (Å²) in [6, 6.07) is 7.97. The van der Waals surface area contributed by atoms with Gasteiger partial charge in [0.15, 0.2) is 0 Å². The Kier molecular flexibility index (Phi) is 5.37. The van der Waals surface area contributed by atoms with Crippen molar-refractivity contribution < 1.29 is 9.90 Å². The number of nitrogens with zero attached hydrogens (tertiary/aromatic N) is 1. The van der Waals surface area contributed by atoms with Crippen molar-refractivity contribution in [2.45, 2.75) is 33.1 Å². The van der Waals surface area contributed by atoms with Crippen molar-refractivity contribution in [2.24, 2.45) is 5.41 Å². The molecule has 1 saturated heterocycles. The second-order valence-electron chi connectivity index (χ2n) is 6.39. The van der Waals surface area contributed by atoms with Gasteiger partial charge in [0.1, 0.15) is 0 Å². The molecule has 4 nitrogen and oxygen atoms in total. The lowest BCUT2D eigenvalue weighted by Crippen LogP contribution is -2.46. The van der Waals surface area contributed by atoms with Crippen molar-refractivity contribution in [3.05, 3.63) is 29.8 Å². The van der Waals surface area contributed by atoms with E-state index in [2.05, 4.69) is 30.1 Å². The quantitative estimate of drug-likeness (QED) is 0.875. The number of benzene rings is 1. The molecule has 1 aliphatic rings. The highest BCUT2D eigenvalue weighted by Crippen LogP contribution is 2.28. The Bertz CT molecular complexity index is 489. The molecule has 1 heterocycles. The number of likely N-dealkylation sites (tertiary alicyclic amines) is 1. The monoisotopic (exact) mass is 290 g/mol. The second-order valence-corrected chi connectivity index (χ2v) is 6.39. The molecule has 0 bridgehead atoms. The van der Waals surface area contributed by atoms with Crippen molar-refractivity contribution in [1.29, 1.82) is 0 Å². The summed E-state index contributed by atoms with van der Waals surface area (Å²) in [5.41, 5.74) is 2.01. The molecule has 1 unspecified atom stereocenters. The molecule has 1 amide bonds. The summed E-state index contributed by atoms with van der Waals surface area (Å²) >= 11 is 0. The van der Waals surface area contributed by atoms with E-state index in [4.69, 9.17) is 0 Å². The number of aryl methyl sites for hydroxylation is 1. The van der Waals surface area contributed by atoms with Gasteiger partial charge < -0.3 is 10.4 Å². The van der Waals surface area contributed by atoms with Gasteiger partial charge in [-0.2, -0.15) is 0 Å². The molecule has 0 aromatic heterocycles. The Labute approximate surface area is 127 Å². The van der Waals surface area contributed by atoms with Crippen LogP contribution in [0.3, 0.4) is 0 Å². The number of amides is 1. The van der Waals surface area contributed by atoms with Crippen LogP contribution in [0.1, 0.15) is 32.3 Å². The predicted octanol–water partition coefficient (Wildman–Crippen LogP) is 2.28. The fourth-order valence-corrected chi connectivity index (χ4v) is 2.96. The minimum absolute atomic E-state index is 0.0189. The summed E-state index contributed by atoms with van der Waals surface area (Å²) in [6.45, 7) is 6.48. The molecule has 0 radical (unpaired) electrons. The van der Waals surface area contributed by atoms with Gasteiger partial charge in [-0.05, 0) is 43.5 Å². The van der Waals surface area contributed by atoms with Crippen molar-refractivity contribution in [3.63, 3.8) is 0 Å². The van der Waals surface area contributed by atoms with Gasteiger partial charge in [-0.1, -0.05) is 26.0 Å². The average Bonchev–Trinajstić information content (AvgIpc) is 2.47. The predicted molar refractivity (Wildman–Crippen MR) is 85.3 cm³/mol.